The monoisotopic (exact) mass is 225 g/mol. The molecule has 0 amide bonds. The molecule has 0 radical (unpaired) electrons. The second kappa shape index (κ2) is 5.58. The molecule has 0 aromatic carbocycles. The molecular formula is C11H19N3S. The SMILES string of the molecule is Cc1cnc(CNCCC2CCCN2)s1. The summed E-state index contributed by atoms with van der Waals surface area (Å²) in [6, 6.07) is 0.746. The molecule has 84 valence electrons. The van der Waals surface area contributed by atoms with Crippen LogP contribution in [0, 0.1) is 6.92 Å². The average Bonchev–Trinajstić information content (AvgIpc) is 2.84. The van der Waals surface area contributed by atoms with E-state index in [0.717, 1.165) is 19.1 Å². The van der Waals surface area contributed by atoms with Gasteiger partial charge in [-0.15, -0.1) is 11.3 Å². The van der Waals surface area contributed by atoms with Gasteiger partial charge in [0.25, 0.3) is 0 Å². The van der Waals surface area contributed by atoms with E-state index in [1.807, 2.05) is 6.20 Å². The molecular weight excluding hydrogens is 206 g/mol. The fourth-order valence-corrected chi connectivity index (χ4v) is 2.71. The van der Waals surface area contributed by atoms with Gasteiger partial charge in [-0.05, 0) is 39.3 Å². The molecule has 1 fully saturated rings. The van der Waals surface area contributed by atoms with Crippen LogP contribution < -0.4 is 10.6 Å². The van der Waals surface area contributed by atoms with E-state index in [1.54, 1.807) is 11.3 Å². The van der Waals surface area contributed by atoms with Gasteiger partial charge in [0.05, 0.1) is 0 Å². The van der Waals surface area contributed by atoms with Crippen molar-refractivity contribution in [2.24, 2.45) is 0 Å². The predicted octanol–water partition coefficient (Wildman–Crippen LogP) is 1.68. The molecule has 0 spiro atoms. The van der Waals surface area contributed by atoms with E-state index >= 15 is 0 Å². The van der Waals surface area contributed by atoms with Gasteiger partial charge in [-0.25, -0.2) is 4.98 Å². The zero-order valence-corrected chi connectivity index (χ0v) is 10.1. The first-order valence-electron chi connectivity index (χ1n) is 5.70. The summed E-state index contributed by atoms with van der Waals surface area (Å²) in [7, 11) is 0. The van der Waals surface area contributed by atoms with Crippen molar-refractivity contribution in [3.63, 3.8) is 0 Å². The number of hydrogen-bond donors (Lipinski definition) is 2. The second-order valence-corrected chi connectivity index (χ2v) is 5.44. The first-order valence-corrected chi connectivity index (χ1v) is 6.51. The van der Waals surface area contributed by atoms with Crippen molar-refractivity contribution in [2.45, 2.75) is 38.8 Å². The molecule has 1 unspecified atom stereocenters. The lowest BCUT2D eigenvalue weighted by atomic mass is 10.1. The number of thiazole rings is 1. The summed E-state index contributed by atoms with van der Waals surface area (Å²) >= 11 is 1.78. The summed E-state index contributed by atoms with van der Waals surface area (Å²) in [6.45, 7) is 5.32. The van der Waals surface area contributed by atoms with Gasteiger partial charge in [0.1, 0.15) is 5.01 Å². The molecule has 2 N–H and O–H groups in total. The van der Waals surface area contributed by atoms with Gasteiger partial charge >= 0.3 is 0 Å². The zero-order valence-electron chi connectivity index (χ0n) is 9.25. The van der Waals surface area contributed by atoms with Gasteiger partial charge in [0.15, 0.2) is 0 Å². The van der Waals surface area contributed by atoms with Crippen LogP contribution in [-0.2, 0) is 6.54 Å². The van der Waals surface area contributed by atoms with Crippen molar-refractivity contribution in [3.8, 4) is 0 Å². The quantitative estimate of drug-likeness (QED) is 0.749. The number of nitrogens with one attached hydrogen (secondary N) is 2. The largest absolute Gasteiger partial charge is 0.314 e. The summed E-state index contributed by atoms with van der Waals surface area (Å²) in [5.41, 5.74) is 0. The Balaban J connectivity index is 1.58. The molecule has 4 heteroatoms. The van der Waals surface area contributed by atoms with Crippen LogP contribution in [0.2, 0.25) is 0 Å². The fourth-order valence-electron chi connectivity index (χ4n) is 1.96. The van der Waals surface area contributed by atoms with Crippen LogP contribution in [-0.4, -0.2) is 24.1 Å². The smallest absolute Gasteiger partial charge is 0.107 e. The molecule has 1 aromatic heterocycles. The van der Waals surface area contributed by atoms with Crippen molar-refractivity contribution in [2.75, 3.05) is 13.1 Å². The fraction of sp³-hybridized carbons (Fsp3) is 0.727. The van der Waals surface area contributed by atoms with Crippen LogP contribution in [0.1, 0.15) is 29.1 Å². The minimum absolute atomic E-state index is 0.746. The Labute approximate surface area is 95.3 Å². The van der Waals surface area contributed by atoms with E-state index in [4.69, 9.17) is 0 Å². The van der Waals surface area contributed by atoms with Crippen LogP contribution in [0.5, 0.6) is 0 Å². The summed E-state index contributed by atoms with van der Waals surface area (Å²) in [4.78, 5) is 5.62. The number of nitrogens with zero attached hydrogens (tertiary/aromatic N) is 1. The second-order valence-electron chi connectivity index (χ2n) is 4.12. The first-order chi connectivity index (χ1) is 7.34. The third kappa shape index (κ3) is 3.55. The Morgan fingerprint density at radius 2 is 2.60 bits per heavy atom. The molecule has 0 bridgehead atoms. The van der Waals surface area contributed by atoms with E-state index in [9.17, 15) is 0 Å². The lowest BCUT2D eigenvalue weighted by Crippen LogP contribution is -2.26. The van der Waals surface area contributed by atoms with Crippen molar-refractivity contribution >= 4 is 11.3 Å². The first kappa shape index (κ1) is 11.0. The van der Waals surface area contributed by atoms with Crippen molar-refractivity contribution in [3.05, 3.63) is 16.1 Å². The Bertz CT molecular complexity index is 292. The summed E-state index contributed by atoms with van der Waals surface area (Å²) in [6.07, 6.45) is 5.87. The highest BCUT2D eigenvalue weighted by molar-refractivity contribution is 7.11. The van der Waals surface area contributed by atoms with Crippen LogP contribution in [0.3, 0.4) is 0 Å². The Hall–Kier alpha value is -0.450. The van der Waals surface area contributed by atoms with E-state index < -0.39 is 0 Å². The standard InChI is InChI=1S/C11H19N3S/c1-9-7-14-11(15-9)8-12-6-4-10-3-2-5-13-10/h7,10,12-13H,2-6,8H2,1H3. The van der Waals surface area contributed by atoms with Crippen LogP contribution in [0.4, 0.5) is 0 Å². The Morgan fingerprint density at radius 1 is 1.67 bits per heavy atom. The van der Waals surface area contributed by atoms with Crippen molar-refractivity contribution < 1.29 is 0 Å². The van der Waals surface area contributed by atoms with Crippen molar-refractivity contribution in [1.82, 2.24) is 15.6 Å². The zero-order chi connectivity index (χ0) is 10.5. The highest BCUT2D eigenvalue weighted by atomic mass is 32.1. The molecule has 0 saturated carbocycles. The third-order valence-corrected chi connectivity index (χ3v) is 3.69. The van der Waals surface area contributed by atoms with Gasteiger partial charge < -0.3 is 10.6 Å². The maximum Gasteiger partial charge on any atom is 0.107 e. The predicted molar refractivity (Wildman–Crippen MR) is 64.2 cm³/mol. The third-order valence-electron chi connectivity index (χ3n) is 2.78. The maximum absolute atomic E-state index is 4.33. The van der Waals surface area contributed by atoms with Gasteiger partial charge in [-0.2, -0.15) is 0 Å². The summed E-state index contributed by atoms with van der Waals surface area (Å²) in [5, 5.41) is 8.16. The van der Waals surface area contributed by atoms with Gasteiger partial charge in [0, 0.05) is 23.7 Å². The number of aryl methyl sites for hydroxylation is 1. The average molecular weight is 225 g/mol. The topological polar surface area (TPSA) is 37.0 Å². The molecule has 2 heterocycles. The van der Waals surface area contributed by atoms with Crippen LogP contribution in [0.25, 0.3) is 0 Å². The number of aromatic nitrogens is 1. The Kier molecular flexibility index (Phi) is 4.11. The molecule has 1 atom stereocenters. The molecule has 1 aliphatic rings. The molecule has 1 saturated heterocycles. The highest BCUT2D eigenvalue weighted by Crippen LogP contribution is 2.11. The van der Waals surface area contributed by atoms with Crippen molar-refractivity contribution in [1.29, 1.82) is 0 Å². The van der Waals surface area contributed by atoms with E-state index in [1.165, 1.54) is 35.7 Å². The molecule has 3 nitrogen and oxygen atoms in total. The molecule has 1 aromatic rings. The summed E-state index contributed by atoms with van der Waals surface area (Å²) in [5.74, 6) is 0. The Morgan fingerprint density at radius 3 is 3.27 bits per heavy atom. The minimum atomic E-state index is 0.746. The lowest BCUT2D eigenvalue weighted by Gasteiger charge is -2.09. The molecule has 2 rings (SSSR count). The lowest BCUT2D eigenvalue weighted by molar-refractivity contribution is 0.523. The molecule has 15 heavy (non-hydrogen) atoms. The summed E-state index contributed by atoms with van der Waals surface area (Å²) < 4.78 is 0. The van der Waals surface area contributed by atoms with Gasteiger partial charge in [0.2, 0.25) is 0 Å². The minimum Gasteiger partial charge on any atom is -0.314 e. The van der Waals surface area contributed by atoms with Crippen LogP contribution >= 0.6 is 11.3 Å². The molecule has 0 aliphatic carbocycles. The van der Waals surface area contributed by atoms with E-state index in [2.05, 4.69) is 22.5 Å². The number of hydrogen-bond acceptors (Lipinski definition) is 4. The normalized spacial score (nSPS) is 21.0. The highest BCUT2D eigenvalue weighted by Gasteiger charge is 2.12. The van der Waals surface area contributed by atoms with E-state index in [0.29, 0.717) is 0 Å². The van der Waals surface area contributed by atoms with Gasteiger partial charge in [-0.3, -0.25) is 0 Å². The van der Waals surface area contributed by atoms with Crippen LogP contribution in [0.15, 0.2) is 6.20 Å². The molecule has 1 aliphatic heterocycles. The number of rotatable bonds is 5. The maximum atomic E-state index is 4.33. The van der Waals surface area contributed by atoms with E-state index in [-0.39, 0.29) is 0 Å². The van der Waals surface area contributed by atoms with Gasteiger partial charge in [-0.1, -0.05) is 0 Å².